The van der Waals surface area contributed by atoms with E-state index >= 15 is 0 Å². The van der Waals surface area contributed by atoms with E-state index in [1.807, 2.05) is 0 Å². The molecule has 0 aliphatic heterocycles. The van der Waals surface area contributed by atoms with Gasteiger partial charge in [-0.15, -0.1) is 0 Å². The van der Waals surface area contributed by atoms with Crippen molar-refractivity contribution in [3.63, 3.8) is 0 Å². The molecule has 182 valence electrons. The summed E-state index contributed by atoms with van der Waals surface area (Å²) in [5.41, 5.74) is 6.51. The van der Waals surface area contributed by atoms with Crippen LogP contribution in [0.2, 0.25) is 0 Å². The summed E-state index contributed by atoms with van der Waals surface area (Å²) in [5.74, 6) is -4.57. The molecule has 0 aliphatic carbocycles. The SMILES string of the molecule is CSCCC(NC(=O)C(CC(=O)O)NC(=O)C(N)Cc1ccc(O)cc1)C(=O)NCC(=O)O. The van der Waals surface area contributed by atoms with E-state index in [9.17, 15) is 29.1 Å². The van der Waals surface area contributed by atoms with Gasteiger partial charge in [-0.2, -0.15) is 11.8 Å². The number of phenolic OH excluding ortho intramolecular Hbond substituents is 1. The van der Waals surface area contributed by atoms with E-state index in [-0.39, 0.29) is 18.6 Å². The number of aromatic hydroxyl groups is 1. The number of phenols is 1. The second kappa shape index (κ2) is 14.0. The zero-order valence-corrected chi connectivity index (χ0v) is 18.8. The Morgan fingerprint density at radius 3 is 2.09 bits per heavy atom. The Morgan fingerprint density at radius 2 is 1.55 bits per heavy atom. The third-order valence-corrected chi connectivity index (χ3v) is 5.04. The van der Waals surface area contributed by atoms with E-state index in [4.69, 9.17) is 15.9 Å². The molecule has 0 bridgehead atoms. The molecule has 0 radical (unpaired) electrons. The standard InChI is InChI=1S/C20H28N4O8S/c1-33-7-6-14(19(31)22-10-17(28)29)23-20(32)15(9-16(26)27)24-18(30)13(21)8-11-2-4-12(25)5-3-11/h2-5,13-15,25H,6-10,21H2,1H3,(H,22,31)(H,23,32)(H,24,30)(H,26,27)(H,28,29). The van der Waals surface area contributed by atoms with Crippen molar-refractivity contribution in [3.8, 4) is 5.75 Å². The minimum Gasteiger partial charge on any atom is -0.508 e. The lowest BCUT2D eigenvalue weighted by atomic mass is 10.0. The van der Waals surface area contributed by atoms with Gasteiger partial charge in [0, 0.05) is 0 Å². The summed E-state index contributed by atoms with van der Waals surface area (Å²) >= 11 is 1.39. The molecular weight excluding hydrogens is 456 g/mol. The van der Waals surface area contributed by atoms with Gasteiger partial charge in [-0.3, -0.25) is 24.0 Å². The van der Waals surface area contributed by atoms with Crippen LogP contribution in [-0.2, 0) is 30.4 Å². The normalized spacial score (nSPS) is 13.3. The van der Waals surface area contributed by atoms with Crippen molar-refractivity contribution >= 4 is 41.4 Å². The molecule has 0 saturated carbocycles. The van der Waals surface area contributed by atoms with E-state index in [1.54, 1.807) is 18.4 Å². The first kappa shape index (κ1) is 27.7. The maximum atomic E-state index is 12.7. The van der Waals surface area contributed by atoms with Crippen LogP contribution in [0, 0.1) is 0 Å². The molecule has 0 heterocycles. The molecule has 3 amide bonds. The molecule has 0 aromatic heterocycles. The van der Waals surface area contributed by atoms with Gasteiger partial charge in [-0.05, 0) is 42.5 Å². The van der Waals surface area contributed by atoms with E-state index in [0.717, 1.165) is 0 Å². The van der Waals surface area contributed by atoms with Crippen molar-refractivity contribution in [2.24, 2.45) is 5.73 Å². The van der Waals surface area contributed by atoms with Crippen LogP contribution >= 0.6 is 11.8 Å². The molecule has 1 rings (SSSR count). The Labute approximate surface area is 194 Å². The third-order valence-electron chi connectivity index (χ3n) is 4.40. The predicted molar refractivity (Wildman–Crippen MR) is 120 cm³/mol. The second-order valence-corrected chi connectivity index (χ2v) is 8.08. The molecular formula is C20H28N4O8S. The number of rotatable bonds is 14. The maximum absolute atomic E-state index is 12.7. The van der Waals surface area contributed by atoms with Gasteiger partial charge in [0.05, 0.1) is 12.5 Å². The molecule has 0 aliphatic rings. The molecule has 0 saturated heterocycles. The molecule has 1 aromatic rings. The minimum absolute atomic E-state index is 0.0402. The average molecular weight is 485 g/mol. The van der Waals surface area contributed by atoms with Gasteiger partial charge in [0.2, 0.25) is 17.7 Å². The average Bonchev–Trinajstić information content (AvgIpc) is 2.75. The number of carboxylic acid groups (broad SMARTS) is 2. The zero-order chi connectivity index (χ0) is 25.0. The highest BCUT2D eigenvalue weighted by Gasteiger charge is 2.29. The van der Waals surface area contributed by atoms with Crippen LogP contribution < -0.4 is 21.7 Å². The Bertz CT molecular complexity index is 849. The van der Waals surface area contributed by atoms with Gasteiger partial charge in [0.15, 0.2) is 0 Å². The van der Waals surface area contributed by atoms with Crippen LogP contribution in [0.15, 0.2) is 24.3 Å². The van der Waals surface area contributed by atoms with Crippen LogP contribution in [0.5, 0.6) is 5.75 Å². The summed E-state index contributed by atoms with van der Waals surface area (Å²) in [6, 6.07) is 2.24. The van der Waals surface area contributed by atoms with Gasteiger partial charge in [-0.1, -0.05) is 12.1 Å². The van der Waals surface area contributed by atoms with E-state index < -0.39 is 60.8 Å². The third kappa shape index (κ3) is 10.7. The van der Waals surface area contributed by atoms with Crippen LogP contribution in [0.1, 0.15) is 18.4 Å². The highest BCUT2D eigenvalue weighted by molar-refractivity contribution is 7.98. The molecule has 3 unspecified atom stereocenters. The predicted octanol–water partition coefficient (Wildman–Crippen LogP) is -1.34. The molecule has 0 spiro atoms. The molecule has 3 atom stereocenters. The van der Waals surface area contributed by atoms with Crippen LogP contribution in [0.4, 0.5) is 0 Å². The monoisotopic (exact) mass is 484 g/mol. The van der Waals surface area contributed by atoms with E-state index in [1.165, 1.54) is 23.9 Å². The minimum atomic E-state index is -1.51. The number of hydrogen-bond acceptors (Lipinski definition) is 8. The van der Waals surface area contributed by atoms with E-state index in [2.05, 4.69) is 16.0 Å². The molecule has 1 aromatic carbocycles. The number of carboxylic acids is 2. The summed E-state index contributed by atoms with van der Waals surface area (Å²) in [7, 11) is 0. The van der Waals surface area contributed by atoms with Gasteiger partial charge < -0.3 is 37.0 Å². The summed E-state index contributed by atoms with van der Waals surface area (Å²) in [6.45, 7) is -0.647. The molecule has 12 nitrogen and oxygen atoms in total. The van der Waals surface area contributed by atoms with Crippen molar-refractivity contribution in [2.45, 2.75) is 37.4 Å². The van der Waals surface area contributed by atoms with Gasteiger partial charge in [-0.25, -0.2) is 0 Å². The lowest BCUT2D eigenvalue weighted by molar-refractivity contribution is -0.141. The summed E-state index contributed by atoms with van der Waals surface area (Å²) < 4.78 is 0. The number of nitrogens with two attached hydrogens (primary N) is 1. The highest BCUT2D eigenvalue weighted by atomic mass is 32.2. The lowest BCUT2D eigenvalue weighted by Gasteiger charge is -2.23. The van der Waals surface area contributed by atoms with Crippen LogP contribution in [-0.4, -0.2) is 81.7 Å². The quantitative estimate of drug-likeness (QED) is 0.165. The van der Waals surface area contributed by atoms with Crippen LogP contribution in [0.3, 0.4) is 0 Å². The van der Waals surface area contributed by atoms with Gasteiger partial charge in [0.25, 0.3) is 0 Å². The van der Waals surface area contributed by atoms with Gasteiger partial charge in [0.1, 0.15) is 24.4 Å². The topological polar surface area (TPSA) is 208 Å². The maximum Gasteiger partial charge on any atom is 0.322 e. The number of thioether (sulfide) groups is 1. The second-order valence-electron chi connectivity index (χ2n) is 7.09. The van der Waals surface area contributed by atoms with Gasteiger partial charge >= 0.3 is 11.9 Å². The Hall–Kier alpha value is -3.32. The van der Waals surface area contributed by atoms with E-state index in [0.29, 0.717) is 11.3 Å². The van der Waals surface area contributed by atoms with Crippen molar-refractivity contribution in [3.05, 3.63) is 29.8 Å². The van der Waals surface area contributed by atoms with Crippen molar-refractivity contribution < 1.29 is 39.3 Å². The number of hydrogen-bond donors (Lipinski definition) is 7. The fourth-order valence-corrected chi connectivity index (χ4v) is 3.18. The van der Waals surface area contributed by atoms with Crippen LogP contribution in [0.25, 0.3) is 0 Å². The fourth-order valence-electron chi connectivity index (χ4n) is 2.70. The summed E-state index contributed by atoms with van der Waals surface area (Å²) in [4.78, 5) is 59.3. The zero-order valence-electron chi connectivity index (χ0n) is 17.9. The smallest absolute Gasteiger partial charge is 0.322 e. The molecule has 13 heteroatoms. The highest BCUT2D eigenvalue weighted by Crippen LogP contribution is 2.11. The summed E-state index contributed by atoms with van der Waals surface area (Å²) in [5, 5.41) is 34.0. The Balaban J connectivity index is 2.85. The number of carbonyl (C=O) groups excluding carboxylic acids is 3. The number of nitrogens with one attached hydrogen (secondary N) is 3. The Kier molecular flexibility index (Phi) is 11.7. The summed E-state index contributed by atoms with van der Waals surface area (Å²) in [6.07, 6.45) is 1.25. The van der Waals surface area contributed by atoms with Crippen molar-refractivity contribution in [2.75, 3.05) is 18.6 Å². The molecule has 8 N–H and O–H groups in total. The molecule has 33 heavy (non-hydrogen) atoms. The first-order valence-corrected chi connectivity index (χ1v) is 11.3. The first-order chi connectivity index (χ1) is 15.5. The van der Waals surface area contributed by atoms with Crippen molar-refractivity contribution in [1.29, 1.82) is 0 Å². The Morgan fingerprint density at radius 1 is 0.939 bits per heavy atom. The number of aliphatic carboxylic acids is 2. The largest absolute Gasteiger partial charge is 0.508 e. The number of benzene rings is 1. The number of carbonyl (C=O) groups is 5. The molecule has 0 fully saturated rings. The number of amides is 3. The first-order valence-electron chi connectivity index (χ1n) is 9.88. The lowest BCUT2D eigenvalue weighted by Crippen LogP contribution is -2.56. The van der Waals surface area contributed by atoms with Crippen molar-refractivity contribution in [1.82, 2.24) is 16.0 Å². The fraction of sp³-hybridized carbons (Fsp3) is 0.450.